The summed E-state index contributed by atoms with van der Waals surface area (Å²) in [5, 5.41) is 0. The number of rotatable bonds is 5. The molecule has 21 heavy (non-hydrogen) atoms. The Morgan fingerprint density at radius 3 is 2.71 bits per heavy atom. The first-order valence-electron chi connectivity index (χ1n) is 7.12. The number of alkyl halides is 3. The number of halogens is 4. The highest BCUT2D eigenvalue weighted by Gasteiger charge is 2.34. The van der Waals surface area contributed by atoms with E-state index in [2.05, 4.69) is 0 Å². The molecule has 1 aliphatic heterocycles. The van der Waals surface area contributed by atoms with Crippen molar-refractivity contribution < 1.29 is 22.3 Å². The van der Waals surface area contributed by atoms with Crippen LogP contribution in [0.1, 0.15) is 49.3 Å². The van der Waals surface area contributed by atoms with Crippen LogP contribution < -0.4 is 5.73 Å². The summed E-state index contributed by atoms with van der Waals surface area (Å²) in [7, 11) is 0. The Balaban J connectivity index is 2.00. The number of ether oxygens (including phenoxy) is 1. The van der Waals surface area contributed by atoms with Crippen LogP contribution in [0.2, 0.25) is 0 Å². The maximum atomic E-state index is 13.2. The van der Waals surface area contributed by atoms with Gasteiger partial charge in [-0.1, -0.05) is 0 Å². The van der Waals surface area contributed by atoms with Gasteiger partial charge in [-0.2, -0.15) is 13.2 Å². The zero-order valence-corrected chi connectivity index (χ0v) is 11.6. The molecule has 1 heterocycles. The highest BCUT2D eigenvalue weighted by molar-refractivity contribution is 5.32. The van der Waals surface area contributed by atoms with E-state index in [-0.39, 0.29) is 11.7 Å². The van der Waals surface area contributed by atoms with E-state index in [4.69, 9.17) is 10.5 Å². The van der Waals surface area contributed by atoms with Gasteiger partial charge in [-0.3, -0.25) is 0 Å². The van der Waals surface area contributed by atoms with Gasteiger partial charge in [-0.25, -0.2) is 4.39 Å². The van der Waals surface area contributed by atoms with Gasteiger partial charge in [0, 0.05) is 12.6 Å². The SMILES string of the molecule is NC(CCCC1CCCO1)c1cc(F)ccc1C(F)(F)F. The highest BCUT2D eigenvalue weighted by Crippen LogP contribution is 2.35. The predicted octanol–water partition coefficient (Wildman–Crippen LogP) is 4.19. The molecule has 1 aliphatic rings. The van der Waals surface area contributed by atoms with Crippen molar-refractivity contribution in [3.8, 4) is 0 Å². The average molecular weight is 305 g/mol. The molecule has 2 atom stereocenters. The molecule has 2 nitrogen and oxygen atoms in total. The van der Waals surface area contributed by atoms with Crippen LogP contribution in [0.25, 0.3) is 0 Å². The fourth-order valence-electron chi connectivity index (χ4n) is 2.69. The zero-order valence-electron chi connectivity index (χ0n) is 11.6. The lowest BCUT2D eigenvalue weighted by Gasteiger charge is -2.19. The van der Waals surface area contributed by atoms with Crippen molar-refractivity contribution in [1.82, 2.24) is 0 Å². The Labute approximate surface area is 121 Å². The molecule has 0 aromatic heterocycles. The second-order valence-corrected chi connectivity index (χ2v) is 5.40. The van der Waals surface area contributed by atoms with Crippen LogP contribution >= 0.6 is 0 Å². The molecule has 2 rings (SSSR count). The van der Waals surface area contributed by atoms with E-state index >= 15 is 0 Å². The van der Waals surface area contributed by atoms with Crippen molar-refractivity contribution in [2.75, 3.05) is 6.61 Å². The minimum absolute atomic E-state index is 0.171. The largest absolute Gasteiger partial charge is 0.416 e. The van der Waals surface area contributed by atoms with E-state index in [1.807, 2.05) is 0 Å². The van der Waals surface area contributed by atoms with Crippen molar-refractivity contribution in [2.45, 2.75) is 50.4 Å². The summed E-state index contributed by atoms with van der Waals surface area (Å²) in [5.74, 6) is -0.701. The number of benzene rings is 1. The molecule has 0 aliphatic carbocycles. The minimum atomic E-state index is -4.52. The van der Waals surface area contributed by atoms with Gasteiger partial charge in [0.2, 0.25) is 0 Å². The minimum Gasteiger partial charge on any atom is -0.378 e. The molecule has 0 amide bonds. The first-order chi connectivity index (χ1) is 9.88. The average Bonchev–Trinajstić information content (AvgIpc) is 2.90. The summed E-state index contributed by atoms with van der Waals surface area (Å²) in [6.07, 6.45) is -0.486. The first-order valence-corrected chi connectivity index (χ1v) is 7.12. The molecule has 0 bridgehead atoms. The van der Waals surface area contributed by atoms with Crippen LogP contribution in [0.4, 0.5) is 17.6 Å². The van der Waals surface area contributed by atoms with Crippen molar-refractivity contribution in [2.24, 2.45) is 5.73 Å². The Hall–Kier alpha value is -1.14. The standard InChI is InChI=1S/C15H19F4NO/c16-10-6-7-13(15(17,18)19)12(9-10)14(20)5-1-3-11-4-2-8-21-11/h6-7,9,11,14H,1-5,8,20H2. The molecule has 0 saturated carbocycles. The van der Waals surface area contributed by atoms with Gasteiger partial charge >= 0.3 is 6.18 Å². The van der Waals surface area contributed by atoms with E-state index in [1.54, 1.807) is 0 Å². The topological polar surface area (TPSA) is 35.2 Å². The van der Waals surface area contributed by atoms with Crippen LogP contribution in [0.5, 0.6) is 0 Å². The van der Waals surface area contributed by atoms with Gasteiger partial charge in [-0.05, 0) is 55.9 Å². The summed E-state index contributed by atoms with van der Waals surface area (Å²) in [5.41, 5.74) is 4.81. The summed E-state index contributed by atoms with van der Waals surface area (Å²) < 4.78 is 57.4. The molecule has 118 valence electrons. The van der Waals surface area contributed by atoms with E-state index in [1.165, 1.54) is 0 Å². The lowest BCUT2D eigenvalue weighted by atomic mass is 9.95. The van der Waals surface area contributed by atoms with Gasteiger partial charge < -0.3 is 10.5 Å². The maximum absolute atomic E-state index is 13.2. The monoisotopic (exact) mass is 305 g/mol. The van der Waals surface area contributed by atoms with Crippen LogP contribution in [-0.4, -0.2) is 12.7 Å². The smallest absolute Gasteiger partial charge is 0.378 e. The molecule has 0 spiro atoms. The number of nitrogens with two attached hydrogens (primary N) is 1. The molecule has 0 radical (unpaired) electrons. The highest BCUT2D eigenvalue weighted by atomic mass is 19.4. The van der Waals surface area contributed by atoms with E-state index in [0.717, 1.165) is 44.1 Å². The maximum Gasteiger partial charge on any atom is 0.416 e. The van der Waals surface area contributed by atoms with Crippen LogP contribution in [0, 0.1) is 5.82 Å². The number of hydrogen-bond acceptors (Lipinski definition) is 2. The van der Waals surface area contributed by atoms with Crippen molar-refractivity contribution in [3.63, 3.8) is 0 Å². The predicted molar refractivity (Wildman–Crippen MR) is 71.2 cm³/mol. The second-order valence-electron chi connectivity index (χ2n) is 5.40. The molecular formula is C15H19F4NO. The Kier molecular flexibility index (Phi) is 5.22. The Morgan fingerprint density at radius 1 is 1.33 bits per heavy atom. The molecule has 1 aromatic rings. The van der Waals surface area contributed by atoms with E-state index < -0.39 is 23.6 Å². The van der Waals surface area contributed by atoms with E-state index in [9.17, 15) is 17.6 Å². The second kappa shape index (κ2) is 6.75. The quantitative estimate of drug-likeness (QED) is 0.828. The normalized spacial score (nSPS) is 20.7. The fourth-order valence-corrected chi connectivity index (χ4v) is 2.69. The third-order valence-corrected chi connectivity index (χ3v) is 3.78. The Morgan fingerprint density at radius 2 is 2.10 bits per heavy atom. The summed E-state index contributed by atoms with van der Waals surface area (Å²) in [4.78, 5) is 0. The van der Waals surface area contributed by atoms with Gasteiger partial charge in [0.25, 0.3) is 0 Å². The number of hydrogen-bond donors (Lipinski definition) is 1. The van der Waals surface area contributed by atoms with Crippen LogP contribution in [0.15, 0.2) is 18.2 Å². The van der Waals surface area contributed by atoms with Crippen LogP contribution in [0.3, 0.4) is 0 Å². The third kappa shape index (κ3) is 4.41. The van der Waals surface area contributed by atoms with E-state index in [0.29, 0.717) is 12.8 Å². The molecule has 6 heteroatoms. The van der Waals surface area contributed by atoms with Gasteiger partial charge in [-0.15, -0.1) is 0 Å². The van der Waals surface area contributed by atoms with Crippen molar-refractivity contribution in [3.05, 3.63) is 35.1 Å². The molecule has 1 aromatic carbocycles. The Bertz CT molecular complexity index is 469. The van der Waals surface area contributed by atoms with Crippen molar-refractivity contribution in [1.29, 1.82) is 0 Å². The first kappa shape index (κ1) is 16.2. The lowest BCUT2D eigenvalue weighted by molar-refractivity contribution is -0.138. The van der Waals surface area contributed by atoms with Crippen molar-refractivity contribution >= 4 is 0 Å². The third-order valence-electron chi connectivity index (χ3n) is 3.78. The summed E-state index contributed by atoms with van der Waals surface area (Å²) >= 11 is 0. The molecule has 1 saturated heterocycles. The summed E-state index contributed by atoms with van der Waals surface area (Å²) in [6, 6.07) is 1.63. The van der Waals surface area contributed by atoms with Gasteiger partial charge in [0.05, 0.1) is 11.7 Å². The molecular weight excluding hydrogens is 286 g/mol. The molecule has 2 unspecified atom stereocenters. The molecule has 1 fully saturated rings. The van der Waals surface area contributed by atoms with Gasteiger partial charge in [0.15, 0.2) is 0 Å². The zero-order chi connectivity index (χ0) is 15.5. The summed E-state index contributed by atoms with van der Waals surface area (Å²) in [6.45, 7) is 0.749. The lowest BCUT2D eigenvalue weighted by Crippen LogP contribution is -2.18. The van der Waals surface area contributed by atoms with Crippen LogP contribution in [-0.2, 0) is 10.9 Å². The fraction of sp³-hybridized carbons (Fsp3) is 0.600. The molecule has 2 N–H and O–H groups in total. The van der Waals surface area contributed by atoms with Gasteiger partial charge in [0.1, 0.15) is 5.82 Å².